The van der Waals surface area contributed by atoms with E-state index in [2.05, 4.69) is 10.1 Å². The van der Waals surface area contributed by atoms with E-state index in [1.54, 1.807) is 0 Å². The van der Waals surface area contributed by atoms with E-state index in [1.165, 1.54) is 7.11 Å². The molecule has 18 heavy (non-hydrogen) atoms. The van der Waals surface area contributed by atoms with Gasteiger partial charge in [-0.2, -0.15) is 0 Å². The van der Waals surface area contributed by atoms with Gasteiger partial charge in [-0.25, -0.2) is 8.78 Å². The molecule has 5 heteroatoms. The number of nitrogens with two attached hydrogens (primary N) is 1. The Morgan fingerprint density at radius 3 is 2.78 bits per heavy atom. The second-order valence-corrected chi connectivity index (χ2v) is 4.35. The van der Waals surface area contributed by atoms with Crippen LogP contribution in [-0.2, 0) is 11.2 Å². The molecule has 0 radical (unpaired) electrons. The minimum atomic E-state index is -2.82. The molecule has 0 aromatic heterocycles. The molecule has 102 valence electrons. The number of nitrogens with one attached hydrogen (secondary N) is 1. The first-order valence-electron chi connectivity index (χ1n) is 5.88. The molecule has 0 heterocycles. The highest BCUT2D eigenvalue weighted by atomic mass is 19.3. The first kappa shape index (κ1) is 14.9. The molecule has 1 aromatic rings. The zero-order chi connectivity index (χ0) is 13.6. The van der Waals surface area contributed by atoms with Gasteiger partial charge < -0.3 is 15.8 Å². The molecule has 0 amide bonds. The maximum atomic E-state index is 13.1. The first-order chi connectivity index (χ1) is 8.46. The highest BCUT2D eigenvalue weighted by Crippen LogP contribution is 2.16. The Morgan fingerprint density at radius 2 is 2.11 bits per heavy atom. The summed E-state index contributed by atoms with van der Waals surface area (Å²) in [5.74, 6) is -2.82. The van der Waals surface area contributed by atoms with Crippen LogP contribution in [0.3, 0.4) is 0 Å². The van der Waals surface area contributed by atoms with Gasteiger partial charge in [-0.15, -0.1) is 0 Å². The molecule has 0 fully saturated rings. The summed E-state index contributed by atoms with van der Waals surface area (Å²) in [6, 6.07) is 5.66. The van der Waals surface area contributed by atoms with Crippen LogP contribution >= 0.6 is 0 Å². The predicted octanol–water partition coefficient (Wildman–Crippen LogP) is 1.99. The van der Waals surface area contributed by atoms with Crippen LogP contribution in [0.15, 0.2) is 18.2 Å². The van der Waals surface area contributed by atoms with Crippen molar-refractivity contribution in [2.75, 3.05) is 32.5 Å². The molecule has 0 aliphatic carbocycles. The number of nitrogen functional groups attached to an aromatic ring is 1. The number of hydrogen-bond donors (Lipinski definition) is 2. The Balaban J connectivity index is 2.36. The van der Waals surface area contributed by atoms with Crippen molar-refractivity contribution in [2.45, 2.75) is 19.3 Å². The van der Waals surface area contributed by atoms with Crippen LogP contribution in [0.2, 0.25) is 0 Å². The molecular weight excluding hydrogens is 238 g/mol. The van der Waals surface area contributed by atoms with E-state index in [1.807, 2.05) is 25.1 Å². The third-order valence-electron chi connectivity index (χ3n) is 2.80. The number of anilines is 1. The molecule has 0 spiro atoms. The van der Waals surface area contributed by atoms with Crippen LogP contribution in [0.5, 0.6) is 0 Å². The van der Waals surface area contributed by atoms with Crippen LogP contribution in [-0.4, -0.2) is 32.7 Å². The van der Waals surface area contributed by atoms with Gasteiger partial charge >= 0.3 is 0 Å². The zero-order valence-corrected chi connectivity index (χ0v) is 10.8. The van der Waals surface area contributed by atoms with Crippen molar-refractivity contribution in [2.24, 2.45) is 0 Å². The van der Waals surface area contributed by atoms with Crippen LogP contribution in [0.25, 0.3) is 0 Å². The molecule has 0 saturated heterocycles. The summed E-state index contributed by atoms with van der Waals surface area (Å²) in [6.45, 7) is 1.49. The van der Waals surface area contributed by atoms with Crippen LogP contribution < -0.4 is 11.1 Å². The van der Waals surface area contributed by atoms with E-state index < -0.39 is 12.5 Å². The van der Waals surface area contributed by atoms with Crippen LogP contribution in [0.1, 0.15) is 11.1 Å². The number of hydrogen-bond acceptors (Lipinski definition) is 3. The van der Waals surface area contributed by atoms with Crippen molar-refractivity contribution in [1.82, 2.24) is 5.32 Å². The molecular formula is C13H20F2N2O. The largest absolute Gasteiger partial charge is 0.399 e. The number of rotatable bonds is 7. The molecule has 0 aliphatic rings. The number of alkyl halides is 2. The van der Waals surface area contributed by atoms with Crippen molar-refractivity contribution >= 4 is 5.69 Å². The van der Waals surface area contributed by atoms with Gasteiger partial charge in [0.15, 0.2) is 0 Å². The van der Waals surface area contributed by atoms with Crippen molar-refractivity contribution in [3.8, 4) is 0 Å². The standard InChI is InChI=1S/C13H20F2N2O/c1-10-11(4-3-5-12(10)16)6-7-17-8-13(14,15)9-18-2/h3-5,17H,6-9,16H2,1-2H3. The van der Waals surface area contributed by atoms with Crippen molar-refractivity contribution in [3.63, 3.8) is 0 Å². The van der Waals surface area contributed by atoms with Gasteiger partial charge in [0.25, 0.3) is 5.92 Å². The molecule has 1 aromatic carbocycles. The van der Waals surface area contributed by atoms with Crippen molar-refractivity contribution in [1.29, 1.82) is 0 Å². The minimum Gasteiger partial charge on any atom is -0.399 e. The molecule has 0 saturated carbocycles. The summed E-state index contributed by atoms with van der Waals surface area (Å²) in [5.41, 5.74) is 8.61. The number of halogens is 2. The molecule has 3 N–H and O–H groups in total. The van der Waals surface area contributed by atoms with Crippen molar-refractivity contribution in [3.05, 3.63) is 29.3 Å². The lowest BCUT2D eigenvalue weighted by atomic mass is 10.0. The van der Waals surface area contributed by atoms with Gasteiger partial charge in [0.05, 0.1) is 6.54 Å². The highest BCUT2D eigenvalue weighted by molar-refractivity contribution is 5.49. The summed E-state index contributed by atoms with van der Waals surface area (Å²) in [4.78, 5) is 0. The lowest BCUT2D eigenvalue weighted by Crippen LogP contribution is -2.37. The summed E-state index contributed by atoms with van der Waals surface area (Å²) < 4.78 is 30.6. The topological polar surface area (TPSA) is 47.3 Å². The Kier molecular flexibility index (Phi) is 5.50. The summed E-state index contributed by atoms with van der Waals surface area (Å²) in [7, 11) is 1.27. The molecule has 0 atom stereocenters. The lowest BCUT2D eigenvalue weighted by Gasteiger charge is -2.16. The number of benzene rings is 1. The quantitative estimate of drug-likeness (QED) is 0.581. The Bertz CT molecular complexity index is 383. The summed E-state index contributed by atoms with van der Waals surface area (Å²) in [5, 5.41) is 2.73. The molecule has 3 nitrogen and oxygen atoms in total. The number of ether oxygens (including phenoxy) is 1. The average molecular weight is 258 g/mol. The van der Waals surface area contributed by atoms with Crippen molar-refractivity contribution < 1.29 is 13.5 Å². The van der Waals surface area contributed by atoms with E-state index in [9.17, 15) is 8.78 Å². The predicted molar refractivity (Wildman–Crippen MR) is 69.0 cm³/mol. The van der Waals surface area contributed by atoms with E-state index in [0.29, 0.717) is 13.0 Å². The molecule has 1 rings (SSSR count). The smallest absolute Gasteiger partial charge is 0.283 e. The monoisotopic (exact) mass is 258 g/mol. The van der Waals surface area contributed by atoms with Crippen LogP contribution in [0.4, 0.5) is 14.5 Å². The molecule has 0 aliphatic heterocycles. The first-order valence-corrected chi connectivity index (χ1v) is 5.88. The van der Waals surface area contributed by atoms with Gasteiger partial charge in [-0.3, -0.25) is 0 Å². The Labute approximate surface area is 106 Å². The van der Waals surface area contributed by atoms with E-state index in [4.69, 9.17) is 5.73 Å². The molecule has 0 bridgehead atoms. The van der Waals surface area contributed by atoms with Gasteiger partial charge in [0, 0.05) is 12.8 Å². The highest BCUT2D eigenvalue weighted by Gasteiger charge is 2.27. The van der Waals surface area contributed by atoms with E-state index in [0.717, 1.165) is 16.8 Å². The zero-order valence-electron chi connectivity index (χ0n) is 10.8. The van der Waals surface area contributed by atoms with Gasteiger partial charge in [0.1, 0.15) is 6.61 Å². The maximum absolute atomic E-state index is 13.1. The Hall–Kier alpha value is -1.20. The van der Waals surface area contributed by atoms with E-state index >= 15 is 0 Å². The average Bonchev–Trinajstić information content (AvgIpc) is 2.29. The van der Waals surface area contributed by atoms with Gasteiger partial charge in [-0.1, -0.05) is 12.1 Å². The van der Waals surface area contributed by atoms with Crippen LogP contribution in [0, 0.1) is 6.92 Å². The summed E-state index contributed by atoms with van der Waals surface area (Å²) in [6.07, 6.45) is 0.680. The fourth-order valence-corrected chi connectivity index (χ4v) is 1.73. The second-order valence-electron chi connectivity index (χ2n) is 4.35. The SMILES string of the molecule is COCC(F)(F)CNCCc1cccc(N)c1C. The number of methoxy groups -OCH3 is 1. The minimum absolute atomic E-state index is 0.373. The summed E-state index contributed by atoms with van der Waals surface area (Å²) >= 11 is 0. The van der Waals surface area contributed by atoms with E-state index in [-0.39, 0.29) is 6.54 Å². The maximum Gasteiger partial charge on any atom is 0.283 e. The third kappa shape index (κ3) is 4.58. The lowest BCUT2D eigenvalue weighted by molar-refractivity contribution is -0.0615. The third-order valence-corrected chi connectivity index (χ3v) is 2.80. The fourth-order valence-electron chi connectivity index (χ4n) is 1.73. The molecule has 0 unspecified atom stereocenters. The second kappa shape index (κ2) is 6.66. The van der Waals surface area contributed by atoms with Gasteiger partial charge in [-0.05, 0) is 37.1 Å². The fraction of sp³-hybridized carbons (Fsp3) is 0.538. The van der Waals surface area contributed by atoms with Gasteiger partial charge in [0.2, 0.25) is 0 Å². The normalized spacial score (nSPS) is 11.8. The Morgan fingerprint density at radius 1 is 1.39 bits per heavy atom.